The second kappa shape index (κ2) is 8.01. The monoisotopic (exact) mass is 411 g/mol. The molecule has 2 aromatic carbocycles. The molecule has 1 saturated heterocycles. The third-order valence-corrected chi connectivity index (χ3v) is 4.88. The largest absolute Gasteiger partial charge is 0.493 e. The van der Waals surface area contributed by atoms with Crippen molar-refractivity contribution in [3.8, 4) is 11.5 Å². The van der Waals surface area contributed by atoms with Crippen LogP contribution in [0.25, 0.3) is 6.08 Å². The molecule has 2 aromatic rings. The van der Waals surface area contributed by atoms with Gasteiger partial charge in [-0.05, 0) is 48.0 Å². The highest BCUT2D eigenvalue weighted by atomic mass is 32.2. The minimum atomic E-state index is -3.01. The normalized spacial score (nSPS) is 15.7. The van der Waals surface area contributed by atoms with E-state index in [2.05, 4.69) is 4.74 Å². The molecular formula is C18H12F3NO3S2. The summed E-state index contributed by atoms with van der Waals surface area (Å²) >= 11 is 6.30. The zero-order valence-corrected chi connectivity index (χ0v) is 15.5. The third-order valence-electron chi connectivity index (χ3n) is 3.58. The van der Waals surface area contributed by atoms with Gasteiger partial charge in [-0.1, -0.05) is 30.0 Å². The van der Waals surface area contributed by atoms with E-state index in [9.17, 15) is 18.0 Å². The van der Waals surface area contributed by atoms with Crippen molar-refractivity contribution in [2.75, 3.05) is 12.0 Å². The fourth-order valence-corrected chi connectivity index (χ4v) is 3.70. The number of ether oxygens (including phenoxy) is 2. The van der Waals surface area contributed by atoms with Gasteiger partial charge in [0.15, 0.2) is 15.8 Å². The molecule has 3 rings (SSSR count). The SMILES string of the molecule is COc1ccc(/C=C2\SC(=S)N(c3ccc(F)cc3)C2=O)cc1OC(F)F. The van der Waals surface area contributed by atoms with Gasteiger partial charge in [0.25, 0.3) is 5.91 Å². The van der Waals surface area contributed by atoms with Gasteiger partial charge >= 0.3 is 6.61 Å². The van der Waals surface area contributed by atoms with E-state index in [0.717, 1.165) is 11.8 Å². The van der Waals surface area contributed by atoms with Crippen molar-refractivity contribution in [3.63, 3.8) is 0 Å². The number of nitrogens with zero attached hydrogens (tertiary/aromatic N) is 1. The van der Waals surface area contributed by atoms with Crippen molar-refractivity contribution in [1.29, 1.82) is 0 Å². The molecule has 0 bridgehead atoms. The van der Waals surface area contributed by atoms with Crippen LogP contribution < -0.4 is 14.4 Å². The summed E-state index contributed by atoms with van der Waals surface area (Å²) < 4.78 is 47.9. The number of anilines is 1. The number of thiocarbonyl (C=S) groups is 1. The molecule has 0 radical (unpaired) electrons. The van der Waals surface area contributed by atoms with Crippen molar-refractivity contribution < 1.29 is 27.4 Å². The van der Waals surface area contributed by atoms with E-state index in [4.69, 9.17) is 17.0 Å². The van der Waals surface area contributed by atoms with E-state index in [0.29, 0.717) is 16.2 Å². The highest BCUT2D eigenvalue weighted by Crippen LogP contribution is 2.37. The molecule has 0 aliphatic carbocycles. The Morgan fingerprint density at radius 3 is 2.48 bits per heavy atom. The van der Waals surface area contributed by atoms with Crippen molar-refractivity contribution in [2.45, 2.75) is 6.61 Å². The number of halogens is 3. The van der Waals surface area contributed by atoms with Crippen LogP contribution in [0.3, 0.4) is 0 Å². The van der Waals surface area contributed by atoms with Gasteiger partial charge in [0.1, 0.15) is 5.82 Å². The van der Waals surface area contributed by atoms with Gasteiger partial charge in [-0.15, -0.1) is 0 Å². The smallest absolute Gasteiger partial charge is 0.387 e. The van der Waals surface area contributed by atoms with Crippen LogP contribution in [-0.4, -0.2) is 23.9 Å². The average Bonchev–Trinajstić information content (AvgIpc) is 2.89. The second-order valence-electron chi connectivity index (χ2n) is 5.28. The van der Waals surface area contributed by atoms with Gasteiger partial charge in [-0.3, -0.25) is 9.69 Å². The summed E-state index contributed by atoms with van der Waals surface area (Å²) in [5.74, 6) is -0.810. The number of rotatable bonds is 5. The minimum absolute atomic E-state index is 0.143. The quantitative estimate of drug-likeness (QED) is 0.520. The van der Waals surface area contributed by atoms with Crippen LogP contribution in [0, 0.1) is 5.82 Å². The standard InChI is InChI=1S/C18H12F3NO3S2/c1-24-13-7-2-10(8-14(13)25-17(20)21)9-15-16(23)22(18(26)27-15)12-5-3-11(19)4-6-12/h2-9,17H,1H3/b15-9-. The lowest BCUT2D eigenvalue weighted by Crippen LogP contribution is -2.27. The predicted molar refractivity (Wildman–Crippen MR) is 102 cm³/mol. The number of hydrogen-bond donors (Lipinski definition) is 0. The van der Waals surface area contributed by atoms with E-state index in [1.807, 2.05) is 0 Å². The average molecular weight is 411 g/mol. The Balaban J connectivity index is 1.90. The van der Waals surface area contributed by atoms with Crippen LogP contribution >= 0.6 is 24.0 Å². The van der Waals surface area contributed by atoms with Gasteiger partial charge in [-0.25, -0.2) is 4.39 Å². The molecule has 9 heteroatoms. The fraction of sp³-hybridized carbons (Fsp3) is 0.111. The fourth-order valence-electron chi connectivity index (χ4n) is 2.40. The second-order valence-corrected chi connectivity index (χ2v) is 6.96. The first-order valence-electron chi connectivity index (χ1n) is 7.55. The van der Waals surface area contributed by atoms with Gasteiger partial charge in [-0.2, -0.15) is 8.78 Å². The zero-order chi connectivity index (χ0) is 19.6. The topological polar surface area (TPSA) is 38.8 Å². The molecule has 0 saturated carbocycles. The van der Waals surface area contributed by atoms with E-state index in [1.54, 1.807) is 6.07 Å². The lowest BCUT2D eigenvalue weighted by molar-refractivity contribution is -0.113. The Morgan fingerprint density at radius 2 is 1.85 bits per heavy atom. The Kier molecular flexibility index (Phi) is 5.71. The minimum Gasteiger partial charge on any atom is -0.493 e. The van der Waals surface area contributed by atoms with Crippen LogP contribution in [-0.2, 0) is 4.79 Å². The number of thioether (sulfide) groups is 1. The summed E-state index contributed by atoms with van der Waals surface area (Å²) in [6, 6.07) is 9.77. The van der Waals surface area contributed by atoms with Crippen LogP contribution in [0.4, 0.5) is 18.9 Å². The summed E-state index contributed by atoms with van der Waals surface area (Å²) in [7, 11) is 1.33. The van der Waals surface area contributed by atoms with Gasteiger partial charge in [0.05, 0.1) is 17.7 Å². The van der Waals surface area contributed by atoms with Crippen LogP contribution in [0.2, 0.25) is 0 Å². The predicted octanol–water partition coefficient (Wildman–Crippen LogP) is 4.84. The van der Waals surface area contributed by atoms with Crippen LogP contribution in [0.5, 0.6) is 11.5 Å². The number of alkyl halides is 2. The van der Waals surface area contributed by atoms with E-state index < -0.39 is 12.4 Å². The maximum absolute atomic E-state index is 13.1. The highest BCUT2D eigenvalue weighted by molar-refractivity contribution is 8.27. The van der Waals surface area contributed by atoms with Gasteiger partial charge in [0, 0.05) is 0 Å². The summed E-state index contributed by atoms with van der Waals surface area (Å²) in [6.07, 6.45) is 1.51. The molecule has 1 fully saturated rings. The molecule has 1 heterocycles. The first-order chi connectivity index (χ1) is 12.9. The molecule has 0 aromatic heterocycles. The van der Waals surface area contributed by atoms with E-state index in [-0.39, 0.29) is 21.7 Å². The first-order valence-corrected chi connectivity index (χ1v) is 8.78. The summed E-state index contributed by atoms with van der Waals surface area (Å²) in [6.45, 7) is -3.01. The number of methoxy groups -OCH3 is 1. The first kappa shape index (κ1) is 19.2. The lowest BCUT2D eigenvalue weighted by atomic mass is 10.2. The molecule has 4 nitrogen and oxygen atoms in total. The molecule has 1 aliphatic heterocycles. The Bertz CT molecular complexity index is 917. The maximum Gasteiger partial charge on any atom is 0.387 e. The molecule has 0 spiro atoms. The van der Waals surface area contributed by atoms with E-state index >= 15 is 0 Å². The molecule has 27 heavy (non-hydrogen) atoms. The molecule has 1 aliphatic rings. The number of amides is 1. The molecule has 0 atom stereocenters. The number of hydrogen-bond acceptors (Lipinski definition) is 5. The van der Waals surface area contributed by atoms with Crippen molar-refractivity contribution in [3.05, 3.63) is 58.8 Å². The summed E-state index contributed by atoms with van der Waals surface area (Å²) in [5.41, 5.74) is 0.907. The molecule has 0 unspecified atom stereocenters. The Labute approximate surface area is 162 Å². The van der Waals surface area contributed by atoms with Crippen LogP contribution in [0.1, 0.15) is 5.56 Å². The summed E-state index contributed by atoms with van der Waals surface area (Å²) in [5, 5.41) is 0. The maximum atomic E-state index is 13.1. The third kappa shape index (κ3) is 4.25. The Morgan fingerprint density at radius 1 is 1.15 bits per heavy atom. The zero-order valence-electron chi connectivity index (χ0n) is 13.8. The summed E-state index contributed by atoms with van der Waals surface area (Å²) in [4.78, 5) is 14.3. The molecule has 140 valence electrons. The molecular weight excluding hydrogens is 399 g/mol. The Hall–Kier alpha value is -2.52. The number of carbonyl (C=O) groups is 1. The van der Waals surface area contributed by atoms with E-state index in [1.165, 1.54) is 54.5 Å². The van der Waals surface area contributed by atoms with Crippen molar-refractivity contribution in [2.24, 2.45) is 0 Å². The number of carbonyl (C=O) groups excluding carboxylic acids is 1. The highest BCUT2D eigenvalue weighted by Gasteiger charge is 2.33. The molecule has 1 amide bonds. The van der Waals surface area contributed by atoms with Crippen molar-refractivity contribution in [1.82, 2.24) is 0 Å². The molecule has 0 N–H and O–H groups in total. The van der Waals surface area contributed by atoms with Crippen molar-refractivity contribution >= 4 is 46.0 Å². The number of benzene rings is 2. The van der Waals surface area contributed by atoms with Gasteiger partial charge < -0.3 is 9.47 Å². The lowest BCUT2D eigenvalue weighted by Gasteiger charge is -2.14. The van der Waals surface area contributed by atoms with Crippen LogP contribution in [0.15, 0.2) is 47.4 Å². The van der Waals surface area contributed by atoms with Gasteiger partial charge in [0.2, 0.25) is 0 Å².